The van der Waals surface area contributed by atoms with Crippen LogP contribution in [0.2, 0.25) is 0 Å². The largest absolute Gasteiger partial charge is 0.371 e. The predicted octanol–water partition coefficient (Wildman–Crippen LogP) is 4.62. The normalized spacial score (nSPS) is 24.6. The minimum atomic E-state index is -3.60. The predicted molar refractivity (Wildman–Crippen MR) is 119 cm³/mol. The summed E-state index contributed by atoms with van der Waals surface area (Å²) in [4.78, 5) is 2.09. The molecule has 2 heterocycles. The molecule has 2 aromatic carbocycles. The molecule has 5 nitrogen and oxygen atoms in total. The van der Waals surface area contributed by atoms with Gasteiger partial charge in [0.15, 0.2) is 0 Å². The SMILES string of the molecule is CC1CCC(c2ccccc2)S(=O)(=O)N1Cc1ccc(N2CCC(C#N)CC2)cc1F. The second-order valence-electron chi connectivity index (χ2n) is 8.58. The molecule has 0 amide bonds. The van der Waals surface area contributed by atoms with E-state index in [0.29, 0.717) is 12.0 Å². The highest BCUT2D eigenvalue weighted by Crippen LogP contribution is 2.38. The smallest absolute Gasteiger partial charge is 0.221 e. The fourth-order valence-corrected chi connectivity index (χ4v) is 6.84. The lowest BCUT2D eigenvalue weighted by atomic mass is 9.98. The molecular weight excluding hydrogens is 413 g/mol. The summed E-state index contributed by atoms with van der Waals surface area (Å²) >= 11 is 0. The van der Waals surface area contributed by atoms with Crippen LogP contribution in [0.1, 0.15) is 49.0 Å². The fraction of sp³-hybridized carbons (Fsp3) is 0.458. The van der Waals surface area contributed by atoms with Crippen molar-refractivity contribution in [3.8, 4) is 6.07 Å². The Labute approximate surface area is 184 Å². The third kappa shape index (κ3) is 4.46. The zero-order valence-electron chi connectivity index (χ0n) is 17.7. The molecule has 164 valence electrons. The molecule has 0 bridgehead atoms. The van der Waals surface area contributed by atoms with Crippen LogP contribution in [-0.4, -0.2) is 31.9 Å². The molecule has 0 N–H and O–H groups in total. The van der Waals surface area contributed by atoms with Crippen molar-refractivity contribution in [3.63, 3.8) is 0 Å². The monoisotopic (exact) mass is 441 g/mol. The molecule has 0 spiro atoms. The van der Waals surface area contributed by atoms with Gasteiger partial charge in [-0.15, -0.1) is 0 Å². The van der Waals surface area contributed by atoms with E-state index in [1.807, 2.05) is 43.3 Å². The summed E-state index contributed by atoms with van der Waals surface area (Å²) in [6.45, 7) is 3.39. The summed E-state index contributed by atoms with van der Waals surface area (Å²) in [7, 11) is -3.60. The maximum atomic E-state index is 15.0. The lowest BCUT2D eigenvalue weighted by molar-refractivity contribution is 0.279. The van der Waals surface area contributed by atoms with Crippen LogP contribution in [0.3, 0.4) is 0 Å². The number of anilines is 1. The summed E-state index contributed by atoms with van der Waals surface area (Å²) in [6.07, 6.45) is 2.88. The van der Waals surface area contributed by atoms with Crippen LogP contribution in [-0.2, 0) is 16.6 Å². The number of sulfonamides is 1. The van der Waals surface area contributed by atoms with Gasteiger partial charge >= 0.3 is 0 Å². The van der Waals surface area contributed by atoms with E-state index >= 15 is 4.39 Å². The van der Waals surface area contributed by atoms with Gasteiger partial charge in [0.25, 0.3) is 0 Å². The molecule has 0 aromatic heterocycles. The molecule has 2 unspecified atom stereocenters. The molecule has 31 heavy (non-hydrogen) atoms. The lowest BCUT2D eigenvalue weighted by Gasteiger charge is -2.37. The van der Waals surface area contributed by atoms with E-state index in [-0.39, 0.29) is 24.3 Å². The molecule has 2 aliphatic heterocycles. The van der Waals surface area contributed by atoms with Gasteiger partial charge in [0.2, 0.25) is 10.0 Å². The lowest BCUT2D eigenvalue weighted by Crippen LogP contribution is -2.44. The Bertz CT molecular complexity index is 1060. The van der Waals surface area contributed by atoms with Crippen LogP contribution in [0.15, 0.2) is 48.5 Å². The molecular formula is C24H28FN3O2S. The second kappa shape index (κ2) is 8.97. The highest BCUT2D eigenvalue weighted by atomic mass is 32.2. The van der Waals surface area contributed by atoms with E-state index < -0.39 is 15.3 Å². The van der Waals surface area contributed by atoms with Gasteiger partial charge in [-0.3, -0.25) is 0 Å². The van der Waals surface area contributed by atoms with Gasteiger partial charge < -0.3 is 4.90 Å². The second-order valence-corrected chi connectivity index (χ2v) is 10.6. The molecule has 2 atom stereocenters. The number of hydrogen-bond acceptors (Lipinski definition) is 4. The first-order valence-corrected chi connectivity index (χ1v) is 12.4. The summed E-state index contributed by atoms with van der Waals surface area (Å²) in [5.41, 5.74) is 1.96. The number of benzene rings is 2. The number of halogens is 1. The Hall–Kier alpha value is -2.43. The Morgan fingerprint density at radius 1 is 1.06 bits per heavy atom. The van der Waals surface area contributed by atoms with Gasteiger partial charge in [0.1, 0.15) is 11.1 Å². The van der Waals surface area contributed by atoms with Crippen molar-refractivity contribution in [3.05, 3.63) is 65.5 Å². The molecule has 0 saturated carbocycles. The van der Waals surface area contributed by atoms with E-state index in [2.05, 4.69) is 11.0 Å². The first-order valence-electron chi connectivity index (χ1n) is 10.9. The van der Waals surface area contributed by atoms with Gasteiger partial charge in [0.05, 0.1) is 6.07 Å². The molecule has 4 rings (SSSR count). The van der Waals surface area contributed by atoms with Crippen molar-refractivity contribution < 1.29 is 12.8 Å². The average molecular weight is 442 g/mol. The zero-order valence-corrected chi connectivity index (χ0v) is 18.6. The van der Waals surface area contributed by atoms with E-state index in [1.165, 1.54) is 10.4 Å². The molecule has 2 saturated heterocycles. The van der Waals surface area contributed by atoms with Crippen molar-refractivity contribution in [1.82, 2.24) is 4.31 Å². The van der Waals surface area contributed by atoms with Crippen LogP contribution in [0.25, 0.3) is 0 Å². The third-order valence-corrected chi connectivity index (χ3v) is 8.97. The van der Waals surface area contributed by atoms with Crippen LogP contribution < -0.4 is 4.90 Å². The summed E-state index contributed by atoms with van der Waals surface area (Å²) < 4.78 is 43.2. The maximum Gasteiger partial charge on any atom is 0.221 e. The number of piperidine rings is 1. The van der Waals surface area contributed by atoms with E-state index in [1.54, 1.807) is 6.07 Å². The fourth-order valence-electron chi connectivity index (χ4n) is 4.65. The highest BCUT2D eigenvalue weighted by Gasteiger charge is 2.40. The van der Waals surface area contributed by atoms with Crippen LogP contribution in [0.4, 0.5) is 10.1 Å². The van der Waals surface area contributed by atoms with Crippen molar-refractivity contribution in [2.24, 2.45) is 5.92 Å². The maximum absolute atomic E-state index is 15.0. The minimum Gasteiger partial charge on any atom is -0.371 e. The zero-order chi connectivity index (χ0) is 22.0. The molecule has 0 radical (unpaired) electrons. The Morgan fingerprint density at radius 3 is 2.42 bits per heavy atom. The average Bonchev–Trinajstić information content (AvgIpc) is 2.78. The number of rotatable bonds is 4. The minimum absolute atomic E-state index is 0.0372. The molecule has 2 fully saturated rings. The topological polar surface area (TPSA) is 64.4 Å². The quantitative estimate of drug-likeness (QED) is 0.694. The van der Waals surface area contributed by atoms with Gasteiger partial charge in [-0.1, -0.05) is 36.4 Å². The molecule has 2 aromatic rings. The Morgan fingerprint density at radius 2 is 1.77 bits per heavy atom. The van der Waals surface area contributed by atoms with Crippen molar-refractivity contribution in [2.75, 3.05) is 18.0 Å². The van der Waals surface area contributed by atoms with Crippen LogP contribution in [0.5, 0.6) is 0 Å². The van der Waals surface area contributed by atoms with E-state index in [9.17, 15) is 8.42 Å². The van der Waals surface area contributed by atoms with Crippen molar-refractivity contribution in [1.29, 1.82) is 5.26 Å². The van der Waals surface area contributed by atoms with Crippen LogP contribution >= 0.6 is 0 Å². The third-order valence-electron chi connectivity index (χ3n) is 6.60. The molecule has 2 aliphatic rings. The van der Waals surface area contributed by atoms with E-state index in [0.717, 1.165) is 43.6 Å². The standard InChI is InChI=1S/C24H28FN3O2S/c1-18-7-10-24(20-5-3-2-4-6-20)31(29,30)28(18)17-21-8-9-22(15-23(21)25)27-13-11-19(16-26)12-14-27/h2-6,8-9,15,18-19,24H,7,10-14,17H2,1H3. The van der Waals surface area contributed by atoms with Gasteiger partial charge in [-0.05, 0) is 50.3 Å². The van der Waals surface area contributed by atoms with Crippen molar-refractivity contribution >= 4 is 15.7 Å². The summed E-state index contributed by atoms with van der Waals surface area (Å²) in [6, 6.07) is 16.5. The van der Waals surface area contributed by atoms with E-state index in [4.69, 9.17) is 5.26 Å². The molecule has 0 aliphatic carbocycles. The van der Waals surface area contributed by atoms with Gasteiger partial charge in [0, 0.05) is 42.8 Å². The van der Waals surface area contributed by atoms with Gasteiger partial charge in [-0.25, -0.2) is 12.8 Å². The molecule has 7 heteroatoms. The highest BCUT2D eigenvalue weighted by molar-refractivity contribution is 7.89. The van der Waals surface area contributed by atoms with Crippen LogP contribution in [0, 0.1) is 23.1 Å². The first-order chi connectivity index (χ1) is 14.9. The Kier molecular flexibility index (Phi) is 6.31. The Balaban J connectivity index is 1.53. The number of nitriles is 1. The van der Waals surface area contributed by atoms with Crippen molar-refractivity contribution in [2.45, 2.75) is 50.4 Å². The number of hydrogen-bond donors (Lipinski definition) is 0. The van der Waals surface area contributed by atoms with Gasteiger partial charge in [-0.2, -0.15) is 9.57 Å². The first kappa shape index (κ1) is 21.8. The number of nitrogens with zero attached hydrogens (tertiary/aromatic N) is 3. The summed E-state index contributed by atoms with van der Waals surface area (Å²) in [5.74, 6) is -0.312. The summed E-state index contributed by atoms with van der Waals surface area (Å²) in [5, 5.41) is 8.47.